The van der Waals surface area contributed by atoms with Crippen molar-refractivity contribution < 1.29 is 0 Å². The van der Waals surface area contributed by atoms with E-state index in [1.165, 1.54) is 73.5 Å². The van der Waals surface area contributed by atoms with Crippen LogP contribution in [0.1, 0.15) is 0 Å². The average molecular weight is 685 g/mol. The highest BCUT2D eigenvalue weighted by Gasteiger charge is 2.19. The molecule has 51 heavy (non-hydrogen) atoms. The van der Waals surface area contributed by atoms with Crippen molar-refractivity contribution in [2.24, 2.45) is 0 Å². The summed E-state index contributed by atoms with van der Waals surface area (Å²) in [6.07, 6.45) is 2.02. The largest absolute Gasteiger partial charge is 0.308 e. The Morgan fingerprint density at radius 3 is 1.75 bits per heavy atom. The van der Waals surface area contributed by atoms with Gasteiger partial charge >= 0.3 is 0 Å². The first-order chi connectivity index (χ1) is 25.3. The summed E-state index contributed by atoms with van der Waals surface area (Å²) in [5, 5.41) is 6.39. The van der Waals surface area contributed by atoms with Crippen molar-refractivity contribution in [2.75, 3.05) is 0 Å². The summed E-state index contributed by atoms with van der Waals surface area (Å²) in [5.74, 6) is 0. The second-order valence-corrected chi connectivity index (χ2v) is 15.2. The maximum Gasteiger partial charge on any atom is 0.0964 e. The molecule has 2 nitrogen and oxygen atoms in total. The first kappa shape index (κ1) is 28.7. The van der Waals surface area contributed by atoms with E-state index in [2.05, 4.69) is 168 Å². The van der Waals surface area contributed by atoms with Crippen molar-refractivity contribution in [1.29, 1.82) is 0 Å². The lowest BCUT2D eigenvalue weighted by molar-refractivity contribution is 1.18. The number of hydrogen-bond donors (Lipinski definition) is 0. The molecule has 7 aromatic carbocycles. The molecular formula is C47H28N2S2. The minimum Gasteiger partial charge on any atom is -0.308 e. The zero-order valence-corrected chi connectivity index (χ0v) is 29.0. The summed E-state index contributed by atoms with van der Waals surface area (Å²) >= 11 is 3.76. The molecule has 4 heterocycles. The van der Waals surface area contributed by atoms with E-state index in [4.69, 9.17) is 4.98 Å². The molecule has 0 atom stereocenters. The van der Waals surface area contributed by atoms with Crippen LogP contribution in [0.25, 0.3) is 101 Å². The maximum atomic E-state index is 5.14. The van der Waals surface area contributed by atoms with Gasteiger partial charge in [-0.3, -0.25) is 4.98 Å². The molecule has 4 aromatic heterocycles. The molecule has 0 unspecified atom stereocenters. The number of aromatic nitrogens is 2. The molecule has 0 aliphatic heterocycles. The van der Waals surface area contributed by atoms with Crippen LogP contribution in [0, 0.1) is 0 Å². The van der Waals surface area contributed by atoms with Gasteiger partial charge in [0.05, 0.1) is 16.6 Å². The predicted octanol–water partition coefficient (Wildman–Crippen LogP) is 13.9. The van der Waals surface area contributed by atoms with Crippen molar-refractivity contribution in [3.8, 4) is 39.1 Å². The van der Waals surface area contributed by atoms with Crippen LogP contribution in [0.4, 0.5) is 0 Å². The highest BCUT2D eigenvalue weighted by atomic mass is 32.1. The SMILES string of the molecule is c1ccc(-c2cnc3c4cc5c(cc4n(-c4ccc(-c6cccc7c6sc6c(-c8ccccc8)cccc67)cc4)c3c2)sc2ccccc25)cc1. The van der Waals surface area contributed by atoms with E-state index in [1.807, 2.05) is 28.9 Å². The van der Waals surface area contributed by atoms with Crippen molar-refractivity contribution >= 4 is 85.0 Å². The predicted molar refractivity (Wildman–Crippen MR) is 221 cm³/mol. The fourth-order valence-electron chi connectivity index (χ4n) is 7.85. The molecule has 0 aliphatic carbocycles. The Morgan fingerprint density at radius 1 is 0.392 bits per heavy atom. The summed E-state index contributed by atoms with van der Waals surface area (Å²) in [6, 6.07) is 59.6. The van der Waals surface area contributed by atoms with Gasteiger partial charge in [-0.1, -0.05) is 127 Å². The van der Waals surface area contributed by atoms with Gasteiger partial charge in [-0.05, 0) is 64.2 Å². The number of hydrogen-bond acceptors (Lipinski definition) is 3. The van der Waals surface area contributed by atoms with E-state index in [0.717, 1.165) is 27.8 Å². The van der Waals surface area contributed by atoms with Crippen LogP contribution in [0.3, 0.4) is 0 Å². The van der Waals surface area contributed by atoms with Gasteiger partial charge in [0.15, 0.2) is 0 Å². The Labute approximate surface area is 302 Å². The van der Waals surface area contributed by atoms with Gasteiger partial charge in [-0.25, -0.2) is 0 Å². The fourth-order valence-corrected chi connectivity index (χ4v) is 10.3. The number of benzene rings is 7. The van der Waals surface area contributed by atoms with Crippen LogP contribution in [-0.2, 0) is 0 Å². The smallest absolute Gasteiger partial charge is 0.0964 e. The highest BCUT2D eigenvalue weighted by molar-refractivity contribution is 7.27. The number of fused-ring (bicyclic) bond motifs is 9. The third-order valence-corrected chi connectivity index (χ3v) is 12.7. The van der Waals surface area contributed by atoms with Crippen molar-refractivity contribution in [2.45, 2.75) is 0 Å². The molecular weight excluding hydrogens is 657 g/mol. The minimum atomic E-state index is 1.02. The van der Waals surface area contributed by atoms with Gasteiger partial charge in [-0.15, -0.1) is 22.7 Å². The topological polar surface area (TPSA) is 17.8 Å². The molecule has 11 aromatic rings. The second kappa shape index (κ2) is 11.2. The van der Waals surface area contributed by atoms with Crippen molar-refractivity contribution in [1.82, 2.24) is 9.55 Å². The number of thiophene rings is 2. The van der Waals surface area contributed by atoms with Gasteiger partial charge in [-0.2, -0.15) is 0 Å². The highest BCUT2D eigenvalue weighted by Crippen LogP contribution is 2.45. The van der Waals surface area contributed by atoms with Gasteiger partial charge in [0, 0.05) is 63.2 Å². The van der Waals surface area contributed by atoms with Crippen molar-refractivity contribution in [3.63, 3.8) is 0 Å². The van der Waals surface area contributed by atoms with E-state index in [9.17, 15) is 0 Å². The third kappa shape index (κ3) is 4.44. The van der Waals surface area contributed by atoms with Crippen molar-refractivity contribution in [3.05, 3.63) is 170 Å². The summed E-state index contributed by atoms with van der Waals surface area (Å²) in [4.78, 5) is 5.14. The molecule has 4 heteroatoms. The molecule has 0 spiro atoms. The average Bonchev–Trinajstić information content (AvgIpc) is 3.86. The van der Waals surface area contributed by atoms with E-state index in [0.29, 0.717) is 0 Å². The van der Waals surface area contributed by atoms with Crippen LogP contribution < -0.4 is 0 Å². The number of pyridine rings is 1. The van der Waals surface area contributed by atoms with Gasteiger partial charge in [0.2, 0.25) is 0 Å². The monoisotopic (exact) mass is 684 g/mol. The normalized spacial score (nSPS) is 11.9. The van der Waals surface area contributed by atoms with Gasteiger partial charge in [0.25, 0.3) is 0 Å². The summed E-state index contributed by atoms with van der Waals surface area (Å²) < 4.78 is 7.67. The lowest BCUT2D eigenvalue weighted by Crippen LogP contribution is -1.94. The zero-order chi connectivity index (χ0) is 33.5. The summed E-state index contributed by atoms with van der Waals surface area (Å²) in [6.45, 7) is 0. The summed E-state index contributed by atoms with van der Waals surface area (Å²) in [7, 11) is 0. The Kier molecular flexibility index (Phi) is 6.32. The van der Waals surface area contributed by atoms with Gasteiger partial charge in [0.1, 0.15) is 0 Å². The second-order valence-electron chi connectivity index (χ2n) is 13.1. The molecule has 0 fully saturated rings. The molecule has 11 rings (SSSR count). The molecule has 0 radical (unpaired) electrons. The van der Waals surface area contributed by atoms with Crippen LogP contribution in [0.15, 0.2) is 170 Å². The Hall–Kier alpha value is -6.07. The zero-order valence-electron chi connectivity index (χ0n) is 27.4. The van der Waals surface area contributed by atoms with E-state index in [-0.39, 0.29) is 0 Å². The van der Waals surface area contributed by atoms with Crippen LogP contribution in [0.5, 0.6) is 0 Å². The van der Waals surface area contributed by atoms with Crippen LogP contribution in [0.2, 0.25) is 0 Å². The molecule has 0 N–H and O–H groups in total. The van der Waals surface area contributed by atoms with E-state index >= 15 is 0 Å². The molecule has 0 amide bonds. The van der Waals surface area contributed by atoms with E-state index in [1.54, 1.807) is 0 Å². The van der Waals surface area contributed by atoms with Crippen LogP contribution >= 0.6 is 22.7 Å². The van der Waals surface area contributed by atoms with Crippen LogP contribution in [-0.4, -0.2) is 9.55 Å². The first-order valence-corrected chi connectivity index (χ1v) is 18.8. The summed E-state index contributed by atoms with van der Waals surface area (Å²) in [5.41, 5.74) is 11.7. The molecule has 0 saturated heterocycles. The minimum absolute atomic E-state index is 1.02. The van der Waals surface area contributed by atoms with E-state index < -0.39 is 0 Å². The molecule has 238 valence electrons. The molecule has 0 saturated carbocycles. The Balaban J connectivity index is 1.11. The third-order valence-electron chi connectivity index (χ3n) is 10.3. The van der Waals surface area contributed by atoms with Gasteiger partial charge < -0.3 is 4.57 Å². The quantitative estimate of drug-likeness (QED) is 0.180. The molecule has 0 aliphatic rings. The molecule has 0 bridgehead atoms. The number of nitrogens with zero attached hydrogens (tertiary/aromatic N) is 2. The number of rotatable bonds is 4. The Bertz CT molecular complexity index is 3110. The first-order valence-electron chi connectivity index (χ1n) is 17.2. The lowest BCUT2D eigenvalue weighted by atomic mass is 10.00. The standard InChI is InChI=1S/C47H28N2S2/c1-3-11-29(12-4-1)32-25-42-45(48-28-32)40-26-39-36-15-7-8-20-43(36)50-44(39)27-41(40)49(42)33-23-21-31(22-24-33)35-17-10-19-38-37-18-9-16-34(46(37)51-47(35)38)30-13-5-2-6-14-30/h1-28H. The maximum absolute atomic E-state index is 5.14. The fraction of sp³-hybridized carbons (Fsp3) is 0. The Morgan fingerprint density at radius 2 is 1.02 bits per heavy atom. The lowest BCUT2D eigenvalue weighted by Gasteiger charge is -2.11.